The Labute approximate surface area is 200 Å². The maximum absolute atomic E-state index is 13.3. The molecule has 0 fully saturated rings. The van der Waals surface area contributed by atoms with Crippen molar-refractivity contribution < 1.29 is 9.53 Å². The zero-order valence-corrected chi connectivity index (χ0v) is 19.7. The van der Waals surface area contributed by atoms with Gasteiger partial charge in [-0.2, -0.15) is 0 Å². The van der Waals surface area contributed by atoms with Crippen LogP contribution in [0.5, 0.6) is 0 Å². The number of allylic oxidation sites excluding steroid dienone is 1. The number of benzene rings is 2. The molecule has 0 unspecified atom stereocenters. The number of hydrogen-bond acceptors (Lipinski definition) is 5. The number of rotatable bonds is 4. The quantitative estimate of drug-likeness (QED) is 0.444. The summed E-state index contributed by atoms with van der Waals surface area (Å²) in [6.45, 7) is 5.15. The summed E-state index contributed by atoms with van der Waals surface area (Å²) < 4.78 is 6.82. The van der Waals surface area contributed by atoms with Crippen molar-refractivity contribution in [3.8, 4) is 0 Å². The van der Waals surface area contributed by atoms with Crippen LogP contribution < -0.4 is 27.1 Å². The number of hydrogen-bond donors (Lipinski definition) is 2. The van der Waals surface area contributed by atoms with Crippen LogP contribution in [0.2, 0.25) is 0 Å². The molecule has 0 atom stereocenters. The van der Waals surface area contributed by atoms with Crippen molar-refractivity contribution in [2.75, 3.05) is 0 Å². The van der Waals surface area contributed by atoms with Crippen molar-refractivity contribution >= 4 is 29.0 Å². The van der Waals surface area contributed by atoms with Gasteiger partial charge in [0.25, 0.3) is 5.56 Å². The molecule has 5 rings (SSSR count). The number of aromatic nitrogens is 3. The fourth-order valence-electron chi connectivity index (χ4n) is 3.92. The Morgan fingerprint density at radius 2 is 1.71 bits per heavy atom. The molecular formula is C27H25N5O3. The van der Waals surface area contributed by atoms with Gasteiger partial charge in [0, 0.05) is 22.7 Å². The van der Waals surface area contributed by atoms with Gasteiger partial charge < -0.3 is 14.7 Å². The summed E-state index contributed by atoms with van der Waals surface area (Å²) >= 11 is 0. The molecule has 4 aromatic rings. The number of carbonyl (C=O) groups excluding carboxylic acids is 1. The average Bonchev–Trinajstić information content (AvgIpc) is 3.48. The van der Waals surface area contributed by atoms with Gasteiger partial charge in [0.1, 0.15) is 23.0 Å². The fourth-order valence-corrected chi connectivity index (χ4v) is 3.92. The summed E-state index contributed by atoms with van der Waals surface area (Å²) in [5.74, 6) is 0.0152. The molecule has 0 amide bonds. The lowest BCUT2D eigenvalue weighted by Gasteiger charge is -2.19. The highest BCUT2D eigenvalue weighted by Crippen LogP contribution is 2.17. The van der Waals surface area contributed by atoms with Crippen molar-refractivity contribution in [2.45, 2.75) is 32.9 Å². The van der Waals surface area contributed by atoms with E-state index in [0.29, 0.717) is 16.6 Å². The Kier molecular flexibility index (Phi) is 5.56. The van der Waals surface area contributed by atoms with Gasteiger partial charge in [0.15, 0.2) is 5.82 Å². The highest BCUT2D eigenvalue weighted by molar-refractivity contribution is 5.88. The number of carbonyl (C=O) groups is 1. The molecule has 1 aliphatic heterocycles. The number of ether oxygens (including phenoxy) is 1. The van der Waals surface area contributed by atoms with E-state index in [2.05, 4.69) is 20.0 Å². The van der Waals surface area contributed by atoms with Gasteiger partial charge in [-0.05, 0) is 57.2 Å². The second-order valence-corrected chi connectivity index (χ2v) is 9.24. The van der Waals surface area contributed by atoms with E-state index >= 15 is 0 Å². The SMILES string of the molecule is CC(C)(C)OC(=O)Cn1c(=CC=C2N=c3ccccc3=N2)[nH]/c(=C\c2c[nH]c3ccccc23)c1=O. The third-order valence-electron chi connectivity index (χ3n) is 5.40. The van der Waals surface area contributed by atoms with Gasteiger partial charge in [-0.1, -0.05) is 30.3 Å². The zero-order chi connectivity index (χ0) is 24.6. The van der Waals surface area contributed by atoms with E-state index < -0.39 is 11.6 Å². The molecule has 2 aromatic carbocycles. The van der Waals surface area contributed by atoms with Crippen molar-refractivity contribution in [3.63, 3.8) is 0 Å². The lowest BCUT2D eigenvalue weighted by molar-refractivity contribution is -0.155. The van der Waals surface area contributed by atoms with Crippen LogP contribution in [0.15, 0.2) is 81.4 Å². The van der Waals surface area contributed by atoms with Crippen molar-refractivity contribution in [1.82, 2.24) is 14.5 Å². The van der Waals surface area contributed by atoms with E-state index in [1.807, 2.05) is 54.7 Å². The minimum atomic E-state index is -0.658. The molecule has 35 heavy (non-hydrogen) atoms. The van der Waals surface area contributed by atoms with Crippen LogP contribution in [0.3, 0.4) is 0 Å². The molecule has 0 spiro atoms. The second-order valence-electron chi connectivity index (χ2n) is 9.24. The van der Waals surface area contributed by atoms with Crippen molar-refractivity contribution in [1.29, 1.82) is 0 Å². The Balaban J connectivity index is 1.62. The largest absolute Gasteiger partial charge is 0.459 e. The number of aromatic amines is 2. The summed E-state index contributed by atoms with van der Waals surface area (Å²) in [4.78, 5) is 41.2. The van der Waals surface area contributed by atoms with Crippen LogP contribution in [-0.2, 0) is 16.1 Å². The molecule has 2 N–H and O–H groups in total. The van der Waals surface area contributed by atoms with Crippen molar-refractivity contribution in [2.24, 2.45) is 9.98 Å². The first-order chi connectivity index (χ1) is 16.8. The number of imidazole rings is 1. The standard InChI is InChI=1S/C27H25N5O3/c1-27(2,3)35-25(33)16-32-24(13-12-23-29-20-10-6-7-11-21(20)30-23)31-22(26(32)34)14-17-15-28-19-9-5-4-8-18(17)19/h4-15,28,31H,16H2,1-3H3/b22-14-,24-13?. The summed E-state index contributed by atoms with van der Waals surface area (Å²) in [5.41, 5.74) is 1.30. The first-order valence-corrected chi connectivity index (χ1v) is 11.3. The summed E-state index contributed by atoms with van der Waals surface area (Å²) in [5, 5.41) is 2.93. The topological polar surface area (TPSA) is 105 Å². The number of esters is 1. The number of nitrogens with one attached hydrogen (secondary N) is 2. The van der Waals surface area contributed by atoms with E-state index in [9.17, 15) is 9.59 Å². The molecule has 8 heteroatoms. The van der Waals surface area contributed by atoms with E-state index in [4.69, 9.17) is 4.74 Å². The number of H-pyrrole nitrogens is 2. The van der Waals surface area contributed by atoms with Crippen LogP contribution >= 0.6 is 0 Å². The summed E-state index contributed by atoms with van der Waals surface area (Å²) in [7, 11) is 0. The highest BCUT2D eigenvalue weighted by Gasteiger charge is 2.18. The van der Waals surface area contributed by atoms with E-state index in [-0.39, 0.29) is 12.1 Å². The first-order valence-electron chi connectivity index (χ1n) is 11.3. The van der Waals surface area contributed by atoms with Gasteiger partial charge >= 0.3 is 5.97 Å². The third kappa shape index (κ3) is 4.77. The molecule has 0 radical (unpaired) electrons. The first kappa shape index (κ1) is 22.3. The Hall–Kier alpha value is -4.46. The minimum Gasteiger partial charge on any atom is -0.459 e. The predicted molar refractivity (Wildman–Crippen MR) is 133 cm³/mol. The van der Waals surface area contributed by atoms with Crippen LogP contribution in [0.1, 0.15) is 26.3 Å². The highest BCUT2D eigenvalue weighted by atomic mass is 16.6. The molecule has 3 heterocycles. The molecule has 176 valence electrons. The number of para-hydroxylation sites is 3. The van der Waals surface area contributed by atoms with Crippen LogP contribution in [-0.4, -0.2) is 26.1 Å². The molecule has 1 aliphatic rings. The average molecular weight is 468 g/mol. The maximum Gasteiger partial charge on any atom is 0.326 e. The van der Waals surface area contributed by atoms with Crippen molar-refractivity contribution in [3.05, 3.63) is 104 Å². The molecule has 0 bridgehead atoms. The molecule has 0 aliphatic carbocycles. The van der Waals surface area contributed by atoms with Gasteiger partial charge in [-0.3, -0.25) is 14.2 Å². The van der Waals surface area contributed by atoms with Gasteiger partial charge in [-0.25, -0.2) is 9.98 Å². The van der Waals surface area contributed by atoms with Gasteiger partial charge in [-0.15, -0.1) is 0 Å². The third-order valence-corrected chi connectivity index (χ3v) is 5.40. The maximum atomic E-state index is 13.3. The Bertz CT molecular complexity index is 1740. The summed E-state index contributed by atoms with van der Waals surface area (Å²) in [6.07, 6.45) is 7.04. The Morgan fingerprint density at radius 3 is 2.43 bits per heavy atom. The normalized spacial score (nSPS) is 14.1. The predicted octanol–water partition coefficient (Wildman–Crippen LogP) is 1.40. The van der Waals surface area contributed by atoms with Crippen LogP contribution in [0.4, 0.5) is 0 Å². The molecule has 8 nitrogen and oxygen atoms in total. The van der Waals surface area contributed by atoms with E-state index in [0.717, 1.165) is 27.2 Å². The lowest BCUT2D eigenvalue weighted by atomic mass is 10.1. The molecule has 0 saturated heterocycles. The lowest BCUT2D eigenvalue weighted by Crippen LogP contribution is -2.36. The second kappa shape index (κ2) is 8.72. The van der Waals surface area contributed by atoms with Gasteiger partial charge in [0.2, 0.25) is 0 Å². The van der Waals surface area contributed by atoms with E-state index in [1.165, 1.54) is 4.57 Å². The van der Waals surface area contributed by atoms with Gasteiger partial charge in [0.05, 0.1) is 10.7 Å². The smallest absolute Gasteiger partial charge is 0.326 e. The number of fused-ring (bicyclic) bond motifs is 2. The molecular weight excluding hydrogens is 442 g/mol. The van der Waals surface area contributed by atoms with Crippen LogP contribution in [0.25, 0.3) is 23.1 Å². The molecule has 0 saturated carbocycles. The van der Waals surface area contributed by atoms with E-state index in [1.54, 1.807) is 39.0 Å². The van der Waals surface area contributed by atoms with Crippen LogP contribution in [0, 0.1) is 0 Å². The molecule has 2 aromatic heterocycles. The Morgan fingerprint density at radius 1 is 1.03 bits per heavy atom. The fraction of sp³-hybridized carbons (Fsp3) is 0.185. The minimum absolute atomic E-state index is 0.224. The number of nitrogens with zero attached hydrogens (tertiary/aromatic N) is 3. The zero-order valence-electron chi connectivity index (χ0n) is 19.7. The monoisotopic (exact) mass is 467 g/mol. The summed E-state index contributed by atoms with van der Waals surface area (Å²) in [6, 6.07) is 15.4.